The highest BCUT2D eigenvalue weighted by Crippen LogP contribution is 2.32. The minimum atomic E-state index is -1.08. The Balaban J connectivity index is 1.76. The summed E-state index contributed by atoms with van der Waals surface area (Å²) in [5.74, 6) is 0. The van der Waals surface area contributed by atoms with E-state index in [4.69, 9.17) is 4.74 Å². The zero-order chi connectivity index (χ0) is 17.3. The lowest BCUT2D eigenvalue weighted by molar-refractivity contribution is 0.0786. The number of pyridine rings is 1. The molecule has 0 saturated carbocycles. The van der Waals surface area contributed by atoms with E-state index in [-0.39, 0.29) is 5.56 Å². The van der Waals surface area contributed by atoms with E-state index in [0.717, 1.165) is 27.4 Å². The Morgan fingerprint density at radius 1 is 1.42 bits per heavy atom. The van der Waals surface area contributed by atoms with Crippen molar-refractivity contribution in [1.82, 2.24) is 19.7 Å². The molecule has 0 aromatic carbocycles. The van der Waals surface area contributed by atoms with E-state index >= 15 is 0 Å². The number of H-pyrrole nitrogens is 1. The average molecular weight is 427 g/mol. The third kappa shape index (κ3) is 3.85. The quantitative estimate of drug-likeness (QED) is 0.478. The molecular weight excluding hydrogens is 408 g/mol. The normalized spacial score (nSPS) is 12.2. The number of aromatic amines is 1. The van der Waals surface area contributed by atoms with Crippen molar-refractivity contribution < 1.29 is 4.74 Å². The molecule has 0 amide bonds. The second kappa shape index (κ2) is 6.91. The van der Waals surface area contributed by atoms with Crippen LogP contribution in [-0.4, -0.2) is 34.4 Å². The van der Waals surface area contributed by atoms with Crippen molar-refractivity contribution in [3.63, 3.8) is 0 Å². The van der Waals surface area contributed by atoms with Gasteiger partial charge in [0.15, 0.2) is 0 Å². The number of ether oxygens (including phenoxy) is 1. The fourth-order valence-corrected chi connectivity index (χ4v) is 4.48. The van der Waals surface area contributed by atoms with Gasteiger partial charge in [-0.3, -0.25) is 4.79 Å². The summed E-state index contributed by atoms with van der Waals surface area (Å²) in [4.78, 5) is 19.1. The lowest BCUT2D eigenvalue weighted by Crippen LogP contribution is -2.22. The van der Waals surface area contributed by atoms with Crippen LogP contribution in [0.2, 0.25) is 25.7 Å². The van der Waals surface area contributed by atoms with E-state index in [1.807, 2.05) is 6.20 Å². The molecular formula is C15H19BrN4O2SSi. The van der Waals surface area contributed by atoms with Crippen LogP contribution >= 0.6 is 27.3 Å². The third-order valence-corrected chi connectivity index (χ3v) is 7.19. The van der Waals surface area contributed by atoms with Crippen molar-refractivity contribution in [2.45, 2.75) is 32.4 Å². The van der Waals surface area contributed by atoms with Gasteiger partial charge in [-0.25, -0.2) is 9.67 Å². The Morgan fingerprint density at radius 3 is 2.96 bits per heavy atom. The number of rotatable bonds is 6. The van der Waals surface area contributed by atoms with E-state index in [2.05, 4.69) is 50.6 Å². The summed E-state index contributed by atoms with van der Waals surface area (Å²) in [6, 6.07) is 1.13. The number of nitrogens with one attached hydrogen (secondary N) is 1. The maximum absolute atomic E-state index is 12.1. The Labute approximate surface area is 153 Å². The van der Waals surface area contributed by atoms with Crippen LogP contribution in [0.25, 0.3) is 21.5 Å². The van der Waals surface area contributed by atoms with Gasteiger partial charge in [0.2, 0.25) is 0 Å². The van der Waals surface area contributed by atoms with E-state index in [1.54, 1.807) is 16.4 Å². The number of aromatic nitrogens is 4. The summed E-state index contributed by atoms with van der Waals surface area (Å²) in [5.41, 5.74) is 3.49. The molecule has 24 heavy (non-hydrogen) atoms. The third-order valence-electron chi connectivity index (χ3n) is 3.58. The molecule has 128 valence electrons. The molecule has 0 radical (unpaired) electrons. The van der Waals surface area contributed by atoms with Crippen molar-refractivity contribution in [3.05, 3.63) is 32.7 Å². The molecule has 0 unspecified atom stereocenters. The largest absolute Gasteiger partial charge is 0.360 e. The minimum absolute atomic E-state index is 0.191. The van der Waals surface area contributed by atoms with Gasteiger partial charge in [0.1, 0.15) is 12.2 Å². The van der Waals surface area contributed by atoms with Crippen molar-refractivity contribution in [1.29, 1.82) is 0 Å². The van der Waals surface area contributed by atoms with Crippen LogP contribution < -0.4 is 5.56 Å². The Bertz CT molecular complexity index is 912. The molecule has 3 rings (SSSR count). The number of hydrogen-bond acceptors (Lipinski definition) is 5. The predicted molar refractivity (Wildman–Crippen MR) is 103 cm³/mol. The molecule has 0 spiro atoms. The van der Waals surface area contributed by atoms with Gasteiger partial charge < -0.3 is 9.72 Å². The summed E-state index contributed by atoms with van der Waals surface area (Å²) in [6.45, 7) is 8.14. The maximum atomic E-state index is 12.1. The summed E-state index contributed by atoms with van der Waals surface area (Å²) in [7, 11) is -1.08. The summed E-state index contributed by atoms with van der Waals surface area (Å²) >= 11 is 5.00. The molecule has 0 aliphatic carbocycles. The highest BCUT2D eigenvalue weighted by molar-refractivity contribution is 9.10. The first-order valence-electron chi connectivity index (χ1n) is 7.61. The lowest BCUT2D eigenvalue weighted by atomic mass is 10.2. The number of hydrogen-bond donors (Lipinski definition) is 1. The van der Waals surface area contributed by atoms with Gasteiger partial charge in [-0.1, -0.05) is 19.6 Å². The van der Waals surface area contributed by atoms with Crippen LogP contribution in [-0.2, 0) is 11.5 Å². The number of halogens is 1. The van der Waals surface area contributed by atoms with Gasteiger partial charge in [0.05, 0.1) is 26.6 Å². The van der Waals surface area contributed by atoms with Crippen LogP contribution in [0.15, 0.2) is 27.2 Å². The molecule has 0 aliphatic rings. The molecule has 3 aromatic rings. The van der Waals surface area contributed by atoms with Crippen LogP contribution in [0.1, 0.15) is 0 Å². The Kier molecular flexibility index (Phi) is 5.04. The number of nitrogens with zero attached hydrogens (tertiary/aromatic N) is 3. The van der Waals surface area contributed by atoms with Gasteiger partial charge in [-0.2, -0.15) is 5.10 Å². The van der Waals surface area contributed by atoms with E-state index in [1.165, 1.54) is 11.3 Å². The first-order valence-corrected chi connectivity index (χ1v) is 13.0. The standard InChI is InChI=1S/C15H19BrN4O2SSi/c1-24(2,3)5-4-22-9-20-7-10(6-18-20)12-11(16)14-13(15(21)19-12)17-8-23-14/h6-8H,4-5,9H2,1-3H3,(H,19,21). The molecule has 0 atom stereocenters. The van der Waals surface area contributed by atoms with Gasteiger partial charge in [-0.15, -0.1) is 11.3 Å². The summed E-state index contributed by atoms with van der Waals surface area (Å²) in [5, 5.41) is 4.31. The summed E-state index contributed by atoms with van der Waals surface area (Å²) in [6.07, 6.45) is 3.60. The fraction of sp³-hybridized carbons (Fsp3) is 0.400. The molecule has 6 nitrogen and oxygen atoms in total. The SMILES string of the molecule is C[Si](C)(C)CCOCn1cc(-c2[nH]c(=O)c3ncsc3c2Br)cn1. The van der Waals surface area contributed by atoms with E-state index < -0.39 is 8.07 Å². The van der Waals surface area contributed by atoms with Crippen LogP contribution in [0, 0.1) is 0 Å². The Hall–Kier alpha value is -1.29. The summed E-state index contributed by atoms with van der Waals surface area (Å²) < 4.78 is 9.11. The van der Waals surface area contributed by atoms with Crippen LogP contribution in [0.4, 0.5) is 0 Å². The number of thiazole rings is 1. The second-order valence-electron chi connectivity index (χ2n) is 6.79. The zero-order valence-corrected chi connectivity index (χ0v) is 17.2. The second-order valence-corrected chi connectivity index (χ2v) is 14.1. The predicted octanol–water partition coefficient (Wildman–Crippen LogP) is 3.92. The van der Waals surface area contributed by atoms with Crippen LogP contribution in [0.3, 0.4) is 0 Å². The topological polar surface area (TPSA) is 72.8 Å². The van der Waals surface area contributed by atoms with Crippen molar-refractivity contribution in [2.24, 2.45) is 0 Å². The molecule has 9 heteroatoms. The molecule has 3 aromatic heterocycles. The fourth-order valence-electron chi connectivity index (χ4n) is 2.20. The Morgan fingerprint density at radius 2 is 2.21 bits per heavy atom. The van der Waals surface area contributed by atoms with Crippen molar-refractivity contribution >= 4 is 45.6 Å². The smallest absolute Gasteiger partial charge is 0.275 e. The molecule has 0 aliphatic heterocycles. The van der Waals surface area contributed by atoms with Crippen molar-refractivity contribution in [2.75, 3.05) is 6.61 Å². The first-order chi connectivity index (χ1) is 11.3. The average Bonchev–Trinajstić information content (AvgIpc) is 3.15. The minimum Gasteiger partial charge on any atom is -0.360 e. The van der Waals surface area contributed by atoms with Crippen LogP contribution in [0.5, 0.6) is 0 Å². The number of fused-ring (bicyclic) bond motifs is 1. The van der Waals surface area contributed by atoms with Gasteiger partial charge >= 0.3 is 0 Å². The van der Waals surface area contributed by atoms with Gasteiger partial charge in [0, 0.05) is 26.4 Å². The van der Waals surface area contributed by atoms with E-state index in [0.29, 0.717) is 17.9 Å². The monoisotopic (exact) mass is 426 g/mol. The van der Waals surface area contributed by atoms with Gasteiger partial charge in [-0.05, 0) is 22.0 Å². The lowest BCUT2D eigenvalue weighted by Gasteiger charge is -2.15. The molecule has 0 saturated heterocycles. The highest BCUT2D eigenvalue weighted by Gasteiger charge is 2.15. The van der Waals surface area contributed by atoms with E-state index in [9.17, 15) is 4.79 Å². The van der Waals surface area contributed by atoms with Crippen molar-refractivity contribution in [3.8, 4) is 11.3 Å². The molecule has 1 N–H and O–H groups in total. The molecule has 0 fully saturated rings. The first kappa shape index (κ1) is 17.5. The molecule has 0 bridgehead atoms. The van der Waals surface area contributed by atoms with Gasteiger partial charge in [0.25, 0.3) is 5.56 Å². The maximum Gasteiger partial charge on any atom is 0.275 e. The molecule has 3 heterocycles. The highest BCUT2D eigenvalue weighted by atomic mass is 79.9. The zero-order valence-electron chi connectivity index (χ0n) is 13.8.